The highest BCUT2D eigenvalue weighted by molar-refractivity contribution is 5.97. The second kappa shape index (κ2) is 8.85. The number of rotatable bonds is 7. The molecule has 0 aromatic carbocycles. The number of carboxylic acids is 1. The SMILES string of the molecule is CCC(O)[C@H](NC(=O)Nc1ncnc2c1ncn2[C@@H]1O[C@H](CO)[C@@H](O)[C@H]1O)C(=O)O. The van der Waals surface area contributed by atoms with Gasteiger partial charge >= 0.3 is 12.0 Å². The van der Waals surface area contributed by atoms with Crippen molar-refractivity contribution in [3.05, 3.63) is 12.7 Å². The first-order valence-electron chi connectivity index (χ1n) is 9.06. The zero-order chi connectivity index (χ0) is 22.0. The topological polar surface area (TPSA) is 212 Å². The molecule has 2 aromatic rings. The number of carbonyl (C=O) groups is 2. The summed E-state index contributed by atoms with van der Waals surface area (Å²) < 4.78 is 6.76. The second-order valence-corrected chi connectivity index (χ2v) is 6.67. The minimum atomic E-state index is -1.52. The number of carboxylic acid groups (broad SMARTS) is 1. The Hall–Kier alpha value is -2.91. The summed E-state index contributed by atoms with van der Waals surface area (Å²) in [6, 6.07) is -2.46. The molecular formula is C16H22N6O8. The highest BCUT2D eigenvalue weighted by Gasteiger charge is 2.44. The van der Waals surface area contributed by atoms with Gasteiger partial charge in [-0.05, 0) is 6.42 Å². The number of carbonyl (C=O) groups excluding carboxylic acids is 1. The van der Waals surface area contributed by atoms with Gasteiger partial charge in [-0.2, -0.15) is 0 Å². The van der Waals surface area contributed by atoms with E-state index in [-0.39, 0.29) is 23.4 Å². The molecular weight excluding hydrogens is 404 g/mol. The molecule has 30 heavy (non-hydrogen) atoms. The smallest absolute Gasteiger partial charge is 0.328 e. The van der Waals surface area contributed by atoms with Crippen molar-refractivity contribution in [1.82, 2.24) is 24.8 Å². The number of hydrogen-bond donors (Lipinski definition) is 7. The van der Waals surface area contributed by atoms with Gasteiger partial charge in [0.1, 0.15) is 24.6 Å². The molecule has 2 aromatic heterocycles. The average Bonchev–Trinajstić information content (AvgIpc) is 3.27. The Kier molecular flexibility index (Phi) is 6.42. The van der Waals surface area contributed by atoms with E-state index in [9.17, 15) is 30.0 Å². The standard InChI is InChI=1S/C16H22N6O8/c1-2-6(24)8(15(27)28)20-16(29)21-12-9-13(18-4-17-12)22(5-19-9)14-11(26)10(25)7(3-23)30-14/h4-8,10-11,14,23-26H,2-3H2,1H3,(H,27,28)(H2,17,18,20,21,29)/t6?,7-,8+,10-,11-,14-/m1/s1. The van der Waals surface area contributed by atoms with E-state index in [4.69, 9.17) is 9.84 Å². The summed E-state index contributed by atoms with van der Waals surface area (Å²) in [6.45, 7) is 1.07. The lowest BCUT2D eigenvalue weighted by atomic mass is 10.1. The Bertz CT molecular complexity index is 922. The Morgan fingerprint density at radius 1 is 1.27 bits per heavy atom. The van der Waals surface area contributed by atoms with E-state index in [1.807, 2.05) is 0 Å². The summed E-state index contributed by atoms with van der Waals surface area (Å²) in [7, 11) is 0. The van der Waals surface area contributed by atoms with Gasteiger partial charge < -0.3 is 35.6 Å². The zero-order valence-corrected chi connectivity index (χ0v) is 15.8. The third-order valence-corrected chi connectivity index (χ3v) is 4.74. The van der Waals surface area contributed by atoms with Gasteiger partial charge in [-0.15, -0.1) is 0 Å². The number of nitrogens with zero attached hydrogens (tertiary/aromatic N) is 4. The Labute approximate surface area is 169 Å². The van der Waals surface area contributed by atoms with Crippen molar-refractivity contribution >= 4 is 29.0 Å². The third kappa shape index (κ3) is 4.03. The highest BCUT2D eigenvalue weighted by Crippen LogP contribution is 2.32. The van der Waals surface area contributed by atoms with Crippen molar-refractivity contribution in [3.8, 4) is 0 Å². The number of amides is 2. The van der Waals surface area contributed by atoms with Crippen molar-refractivity contribution in [2.75, 3.05) is 11.9 Å². The molecule has 2 amide bonds. The van der Waals surface area contributed by atoms with E-state index < -0.39 is 55.3 Å². The van der Waals surface area contributed by atoms with Gasteiger partial charge in [0, 0.05) is 0 Å². The number of aromatic nitrogens is 4. The zero-order valence-electron chi connectivity index (χ0n) is 15.8. The molecule has 14 heteroatoms. The maximum Gasteiger partial charge on any atom is 0.328 e. The van der Waals surface area contributed by atoms with Crippen molar-refractivity contribution in [2.24, 2.45) is 0 Å². The van der Waals surface area contributed by atoms with Gasteiger partial charge in [0.05, 0.1) is 19.0 Å². The van der Waals surface area contributed by atoms with Crippen LogP contribution in [0.1, 0.15) is 19.6 Å². The van der Waals surface area contributed by atoms with Gasteiger partial charge in [-0.25, -0.2) is 24.5 Å². The predicted molar refractivity (Wildman–Crippen MR) is 98.2 cm³/mol. The molecule has 1 fully saturated rings. The van der Waals surface area contributed by atoms with Gasteiger partial charge in [0.2, 0.25) is 0 Å². The highest BCUT2D eigenvalue weighted by atomic mass is 16.6. The molecule has 1 unspecified atom stereocenters. The number of aliphatic hydroxyl groups is 4. The molecule has 0 radical (unpaired) electrons. The van der Waals surface area contributed by atoms with Crippen LogP contribution in [-0.4, -0.2) is 94.1 Å². The Morgan fingerprint density at radius 3 is 2.60 bits per heavy atom. The van der Waals surface area contributed by atoms with Gasteiger partial charge in [-0.1, -0.05) is 6.92 Å². The minimum absolute atomic E-state index is 0.0573. The number of hydrogen-bond acceptors (Lipinski definition) is 10. The molecule has 1 saturated heterocycles. The normalized spacial score (nSPS) is 25.8. The van der Waals surface area contributed by atoms with E-state index in [1.165, 1.54) is 10.9 Å². The summed E-state index contributed by atoms with van der Waals surface area (Å²) in [4.78, 5) is 35.5. The van der Waals surface area contributed by atoms with E-state index in [0.717, 1.165) is 6.33 Å². The fourth-order valence-electron chi connectivity index (χ4n) is 3.08. The molecule has 0 saturated carbocycles. The fourth-order valence-corrected chi connectivity index (χ4v) is 3.08. The van der Waals surface area contributed by atoms with Crippen LogP contribution in [0.25, 0.3) is 11.2 Å². The summed E-state index contributed by atoms with van der Waals surface area (Å²) in [5, 5.41) is 52.8. The number of fused-ring (bicyclic) bond motifs is 1. The number of ether oxygens (including phenoxy) is 1. The molecule has 3 heterocycles. The Balaban J connectivity index is 1.82. The summed E-state index contributed by atoms with van der Waals surface area (Å²) in [5.74, 6) is -1.46. The predicted octanol–water partition coefficient (Wildman–Crippen LogP) is -2.22. The quantitative estimate of drug-likeness (QED) is 0.252. The molecule has 6 atom stereocenters. The van der Waals surface area contributed by atoms with Crippen LogP contribution in [0.4, 0.5) is 10.6 Å². The molecule has 0 bridgehead atoms. The molecule has 1 aliphatic rings. The first-order valence-corrected chi connectivity index (χ1v) is 9.06. The van der Waals surface area contributed by atoms with E-state index in [0.29, 0.717) is 0 Å². The first kappa shape index (κ1) is 21.8. The maximum atomic E-state index is 12.2. The van der Waals surface area contributed by atoms with Crippen LogP contribution in [0.3, 0.4) is 0 Å². The van der Waals surface area contributed by atoms with Crippen LogP contribution in [0, 0.1) is 0 Å². The number of nitrogens with one attached hydrogen (secondary N) is 2. The molecule has 7 N–H and O–H groups in total. The van der Waals surface area contributed by atoms with Gasteiger partial charge in [-0.3, -0.25) is 9.88 Å². The third-order valence-electron chi connectivity index (χ3n) is 4.74. The van der Waals surface area contributed by atoms with Gasteiger partial charge in [0.25, 0.3) is 0 Å². The maximum absolute atomic E-state index is 12.2. The number of imidazole rings is 1. The van der Waals surface area contributed by atoms with E-state index >= 15 is 0 Å². The minimum Gasteiger partial charge on any atom is -0.480 e. The van der Waals surface area contributed by atoms with Crippen molar-refractivity contribution < 1.29 is 39.9 Å². The van der Waals surface area contributed by atoms with Crippen molar-refractivity contribution in [3.63, 3.8) is 0 Å². The summed E-state index contributed by atoms with van der Waals surface area (Å²) in [5.41, 5.74) is 0.256. The lowest BCUT2D eigenvalue weighted by Crippen LogP contribution is -2.50. The summed E-state index contributed by atoms with van der Waals surface area (Å²) >= 11 is 0. The van der Waals surface area contributed by atoms with Crippen LogP contribution in [0.5, 0.6) is 0 Å². The average molecular weight is 426 g/mol. The van der Waals surface area contributed by atoms with Crippen LogP contribution < -0.4 is 10.6 Å². The number of anilines is 1. The number of aliphatic carboxylic acids is 1. The van der Waals surface area contributed by atoms with Crippen LogP contribution in [-0.2, 0) is 9.53 Å². The molecule has 0 aliphatic carbocycles. The largest absolute Gasteiger partial charge is 0.480 e. The van der Waals surface area contributed by atoms with Crippen molar-refractivity contribution in [2.45, 2.75) is 50.0 Å². The lowest BCUT2D eigenvalue weighted by molar-refractivity contribution is -0.142. The monoisotopic (exact) mass is 426 g/mol. The Morgan fingerprint density at radius 2 is 2.00 bits per heavy atom. The molecule has 14 nitrogen and oxygen atoms in total. The van der Waals surface area contributed by atoms with Crippen molar-refractivity contribution in [1.29, 1.82) is 0 Å². The first-order chi connectivity index (χ1) is 14.3. The van der Waals surface area contributed by atoms with Crippen LogP contribution >= 0.6 is 0 Å². The molecule has 0 spiro atoms. The van der Waals surface area contributed by atoms with E-state index in [1.54, 1.807) is 6.92 Å². The molecule has 1 aliphatic heterocycles. The van der Waals surface area contributed by atoms with E-state index in [2.05, 4.69) is 25.6 Å². The van der Waals surface area contributed by atoms with Crippen LogP contribution in [0.15, 0.2) is 12.7 Å². The van der Waals surface area contributed by atoms with Crippen LogP contribution in [0.2, 0.25) is 0 Å². The number of aliphatic hydroxyl groups excluding tert-OH is 4. The second-order valence-electron chi connectivity index (χ2n) is 6.67. The molecule has 164 valence electrons. The number of urea groups is 1. The molecule has 3 rings (SSSR count). The van der Waals surface area contributed by atoms with Gasteiger partial charge in [0.15, 0.2) is 29.3 Å². The lowest BCUT2D eigenvalue weighted by Gasteiger charge is -2.19. The fraction of sp³-hybridized carbons (Fsp3) is 0.562. The summed E-state index contributed by atoms with van der Waals surface area (Å²) in [6.07, 6.45) is -3.58.